The maximum absolute atomic E-state index is 12.6. The number of carbonyl (C=O) groups is 1. The van der Waals surface area contributed by atoms with Gasteiger partial charge >= 0.3 is 12.6 Å². The van der Waals surface area contributed by atoms with Crippen LogP contribution in [0.5, 0.6) is 11.5 Å². The first-order chi connectivity index (χ1) is 13.4. The summed E-state index contributed by atoms with van der Waals surface area (Å²) >= 11 is 3.32. The second-order valence-corrected chi connectivity index (χ2v) is 6.60. The van der Waals surface area contributed by atoms with Crippen LogP contribution >= 0.6 is 15.9 Å². The average molecular weight is 450 g/mol. The van der Waals surface area contributed by atoms with Gasteiger partial charge in [0, 0.05) is 9.86 Å². The Morgan fingerprint density at radius 3 is 2.61 bits per heavy atom. The van der Waals surface area contributed by atoms with Gasteiger partial charge in [0.2, 0.25) is 0 Å². The number of rotatable bonds is 6. The number of benzene rings is 2. The van der Waals surface area contributed by atoms with Gasteiger partial charge in [-0.1, -0.05) is 28.1 Å². The van der Waals surface area contributed by atoms with Gasteiger partial charge in [-0.05, 0) is 48.0 Å². The van der Waals surface area contributed by atoms with Crippen molar-refractivity contribution >= 4 is 45.0 Å². The van der Waals surface area contributed by atoms with Crippen LogP contribution in [0.2, 0.25) is 0 Å². The van der Waals surface area contributed by atoms with Crippen LogP contribution < -0.4 is 9.47 Å². The Labute approximate surface area is 167 Å². The molecule has 0 radical (unpaired) electrons. The molecule has 8 heteroatoms. The summed E-state index contributed by atoms with van der Waals surface area (Å²) in [5, 5.41) is 10.0. The number of carboxylic acid groups (broad SMARTS) is 1. The fraction of sp³-hybridized carbons (Fsp3) is 0.100. The van der Waals surface area contributed by atoms with E-state index in [1.165, 1.54) is 25.3 Å². The summed E-state index contributed by atoms with van der Waals surface area (Å²) in [5.41, 5.74) is 1.62. The Morgan fingerprint density at radius 1 is 1.14 bits per heavy atom. The van der Waals surface area contributed by atoms with E-state index >= 15 is 0 Å². The van der Waals surface area contributed by atoms with Gasteiger partial charge in [-0.3, -0.25) is 0 Å². The number of alkyl halides is 2. The van der Waals surface area contributed by atoms with Crippen LogP contribution in [0.15, 0.2) is 46.9 Å². The van der Waals surface area contributed by atoms with Gasteiger partial charge in [0.05, 0.1) is 23.9 Å². The summed E-state index contributed by atoms with van der Waals surface area (Å²) in [7, 11) is 1.36. The molecular formula is C20H14BrF2NO4. The fourth-order valence-corrected chi connectivity index (χ4v) is 3.01. The van der Waals surface area contributed by atoms with Crippen molar-refractivity contribution in [3.63, 3.8) is 0 Å². The number of hydrogen-bond donors (Lipinski definition) is 1. The molecule has 0 saturated carbocycles. The minimum absolute atomic E-state index is 0.0952. The molecule has 0 bridgehead atoms. The first-order valence-electron chi connectivity index (χ1n) is 8.02. The van der Waals surface area contributed by atoms with Crippen LogP contribution in [0.1, 0.15) is 21.6 Å². The summed E-state index contributed by atoms with van der Waals surface area (Å²) in [6.45, 7) is -2.98. The van der Waals surface area contributed by atoms with Crippen LogP contribution in [0, 0.1) is 0 Å². The number of ether oxygens (including phenoxy) is 2. The molecule has 3 rings (SSSR count). The van der Waals surface area contributed by atoms with E-state index in [1.807, 2.05) is 0 Å². The van der Waals surface area contributed by atoms with Gasteiger partial charge < -0.3 is 14.6 Å². The minimum atomic E-state index is -2.98. The molecule has 1 aromatic heterocycles. The number of pyridine rings is 1. The van der Waals surface area contributed by atoms with Crippen molar-refractivity contribution in [3.05, 3.63) is 63.8 Å². The monoisotopic (exact) mass is 449 g/mol. The van der Waals surface area contributed by atoms with Crippen molar-refractivity contribution < 1.29 is 28.2 Å². The maximum Gasteiger partial charge on any atom is 0.387 e. The molecular weight excluding hydrogens is 436 g/mol. The van der Waals surface area contributed by atoms with Crippen LogP contribution in [0.25, 0.3) is 23.1 Å². The Kier molecular flexibility index (Phi) is 5.89. The molecule has 1 heterocycles. The maximum atomic E-state index is 12.6. The van der Waals surface area contributed by atoms with Crippen molar-refractivity contribution in [2.75, 3.05) is 7.11 Å². The lowest BCUT2D eigenvalue weighted by Crippen LogP contribution is -2.03. The number of nitrogens with zero attached hydrogens (tertiary/aromatic N) is 1. The van der Waals surface area contributed by atoms with E-state index in [4.69, 9.17) is 4.74 Å². The molecule has 5 nitrogen and oxygen atoms in total. The van der Waals surface area contributed by atoms with Crippen molar-refractivity contribution in [1.29, 1.82) is 0 Å². The quantitative estimate of drug-likeness (QED) is 0.539. The molecule has 144 valence electrons. The number of carboxylic acids is 1. The first kappa shape index (κ1) is 19.8. The van der Waals surface area contributed by atoms with E-state index < -0.39 is 12.6 Å². The van der Waals surface area contributed by atoms with Gasteiger partial charge in [0.25, 0.3) is 0 Å². The van der Waals surface area contributed by atoms with Crippen molar-refractivity contribution in [1.82, 2.24) is 4.98 Å². The first-order valence-corrected chi connectivity index (χ1v) is 8.81. The van der Waals surface area contributed by atoms with Crippen molar-refractivity contribution in [2.45, 2.75) is 6.61 Å². The SMILES string of the molecule is COc1ccc(C=Cc2cc(C(=O)O)c3cc(Br)ccc3n2)cc1OC(F)F. The molecule has 0 fully saturated rings. The Morgan fingerprint density at radius 2 is 1.93 bits per heavy atom. The molecule has 0 saturated heterocycles. The summed E-state index contributed by atoms with van der Waals surface area (Å²) in [6.07, 6.45) is 3.22. The van der Waals surface area contributed by atoms with Crippen LogP contribution in [0.4, 0.5) is 8.78 Å². The molecule has 0 aliphatic heterocycles. The van der Waals surface area contributed by atoms with Gasteiger partial charge in [-0.2, -0.15) is 8.78 Å². The van der Waals surface area contributed by atoms with Gasteiger partial charge in [0.15, 0.2) is 11.5 Å². The summed E-state index contributed by atoms with van der Waals surface area (Å²) < 4.78 is 35.3. The average Bonchev–Trinajstić information content (AvgIpc) is 2.65. The van der Waals surface area contributed by atoms with E-state index in [-0.39, 0.29) is 17.1 Å². The summed E-state index contributed by atoms with van der Waals surface area (Å²) in [4.78, 5) is 16.0. The molecule has 0 aliphatic rings. The number of aromatic carboxylic acids is 1. The number of fused-ring (bicyclic) bond motifs is 1. The van der Waals surface area contributed by atoms with Crippen LogP contribution in [-0.4, -0.2) is 29.8 Å². The third-order valence-corrected chi connectivity index (χ3v) is 4.36. The largest absolute Gasteiger partial charge is 0.493 e. The van der Waals surface area contributed by atoms with Crippen LogP contribution in [-0.2, 0) is 0 Å². The third-order valence-electron chi connectivity index (χ3n) is 3.87. The zero-order valence-corrected chi connectivity index (χ0v) is 16.1. The smallest absolute Gasteiger partial charge is 0.387 e. The molecule has 0 amide bonds. The highest BCUT2D eigenvalue weighted by Crippen LogP contribution is 2.30. The zero-order chi connectivity index (χ0) is 20.3. The van der Waals surface area contributed by atoms with Gasteiger partial charge in [0.1, 0.15) is 0 Å². The Hall–Kier alpha value is -3.00. The predicted molar refractivity (Wildman–Crippen MR) is 105 cm³/mol. The topological polar surface area (TPSA) is 68.7 Å². The van der Waals surface area contributed by atoms with E-state index in [0.717, 1.165) is 4.47 Å². The highest BCUT2D eigenvalue weighted by Gasteiger charge is 2.12. The number of halogens is 3. The highest BCUT2D eigenvalue weighted by molar-refractivity contribution is 9.10. The Balaban J connectivity index is 1.99. The minimum Gasteiger partial charge on any atom is -0.493 e. The highest BCUT2D eigenvalue weighted by atomic mass is 79.9. The standard InChI is InChI=1S/C20H14BrF2NO4/c1-27-17-7-3-11(8-18(17)28-20(22)23)2-5-13-10-15(19(25)26)14-9-12(21)4-6-16(14)24-13/h2-10,20H,1H3,(H,25,26). The van der Waals surface area contributed by atoms with Gasteiger partial charge in [-0.15, -0.1) is 0 Å². The second kappa shape index (κ2) is 8.35. The zero-order valence-electron chi connectivity index (χ0n) is 14.5. The molecule has 2 aromatic carbocycles. The normalized spacial score (nSPS) is 11.3. The molecule has 3 aromatic rings. The number of aromatic nitrogens is 1. The summed E-state index contributed by atoms with van der Waals surface area (Å²) in [6, 6.07) is 11.2. The fourth-order valence-electron chi connectivity index (χ4n) is 2.65. The summed E-state index contributed by atoms with van der Waals surface area (Å²) in [5.74, 6) is -0.987. The van der Waals surface area contributed by atoms with Crippen molar-refractivity contribution in [3.8, 4) is 11.5 Å². The second-order valence-electron chi connectivity index (χ2n) is 5.68. The lowest BCUT2D eigenvalue weighted by molar-refractivity contribution is -0.0512. The van der Waals surface area contributed by atoms with Crippen molar-refractivity contribution in [2.24, 2.45) is 0 Å². The van der Waals surface area contributed by atoms with Crippen LogP contribution in [0.3, 0.4) is 0 Å². The van der Waals surface area contributed by atoms with Gasteiger partial charge in [-0.25, -0.2) is 9.78 Å². The molecule has 0 spiro atoms. The molecule has 28 heavy (non-hydrogen) atoms. The molecule has 0 unspecified atom stereocenters. The van der Waals surface area contributed by atoms with E-state index in [1.54, 1.807) is 36.4 Å². The molecule has 0 atom stereocenters. The Bertz CT molecular complexity index is 1070. The lowest BCUT2D eigenvalue weighted by atomic mass is 10.1. The number of methoxy groups -OCH3 is 1. The molecule has 1 N–H and O–H groups in total. The lowest BCUT2D eigenvalue weighted by Gasteiger charge is -2.10. The van der Waals surface area contributed by atoms with E-state index in [2.05, 4.69) is 25.7 Å². The predicted octanol–water partition coefficient (Wildman–Crippen LogP) is 5.48. The third kappa shape index (κ3) is 4.45. The van der Waals surface area contributed by atoms with E-state index in [0.29, 0.717) is 22.2 Å². The molecule has 0 aliphatic carbocycles. The number of hydrogen-bond acceptors (Lipinski definition) is 4. The van der Waals surface area contributed by atoms with E-state index in [9.17, 15) is 18.7 Å².